The molecule has 2 rings (SSSR count). The molecule has 16 heavy (non-hydrogen) atoms. The molecule has 2 nitrogen and oxygen atoms in total. The average Bonchev–Trinajstić information content (AvgIpc) is 2.73. The first-order valence-electron chi connectivity index (χ1n) is 5.17. The van der Waals surface area contributed by atoms with Gasteiger partial charge in [-0.15, -0.1) is 0 Å². The lowest BCUT2D eigenvalue weighted by atomic mass is 10.1. The normalized spacial score (nSPS) is 10.8. The lowest BCUT2D eigenvalue weighted by Gasteiger charge is -2.12. The van der Waals surface area contributed by atoms with Crippen molar-refractivity contribution in [1.82, 2.24) is 0 Å². The second-order valence-electron chi connectivity index (χ2n) is 3.78. The van der Waals surface area contributed by atoms with Crippen LogP contribution in [0.15, 0.2) is 41.0 Å². The largest absolute Gasteiger partial charge is 0.490 e. The molecule has 0 saturated carbocycles. The van der Waals surface area contributed by atoms with Crippen molar-refractivity contribution in [2.24, 2.45) is 0 Å². The van der Waals surface area contributed by atoms with Crippen LogP contribution in [0, 0.1) is 5.82 Å². The smallest absolute Gasteiger partial charge is 0.137 e. The van der Waals surface area contributed by atoms with E-state index in [1.165, 1.54) is 12.1 Å². The van der Waals surface area contributed by atoms with Gasteiger partial charge in [0.2, 0.25) is 0 Å². The second-order valence-corrected chi connectivity index (χ2v) is 3.78. The number of rotatable bonds is 3. The summed E-state index contributed by atoms with van der Waals surface area (Å²) in [4.78, 5) is 0. The summed E-state index contributed by atoms with van der Waals surface area (Å²) in [5.74, 6) is 0.934. The minimum atomic E-state index is -0.303. The van der Waals surface area contributed by atoms with E-state index in [1.54, 1.807) is 24.5 Å². The summed E-state index contributed by atoms with van der Waals surface area (Å²) in [5, 5.41) is 0. The van der Waals surface area contributed by atoms with E-state index < -0.39 is 0 Å². The van der Waals surface area contributed by atoms with Gasteiger partial charge < -0.3 is 9.15 Å². The van der Waals surface area contributed by atoms with Crippen LogP contribution in [0.5, 0.6) is 5.75 Å². The average molecular weight is 220 g/mol. The molecule has 1 heterocycles. The van der Waals surface area contributed by atoms with E-state index in [1.807, 2.05) is 13.8 Å². The molecule has 0 fully saturated rings. The lowest BCUT2D eigenvalue weighted by Crippen LogP contribution is -2.06. The zero-order chi connectivity index (χ0) is 11.5. The fraction of sp³-hybridized carbons (Fsp3) is 0.231. The lowest BCUT2D eigenvalue weighted by molar-refractivity contribution is 0.243. The van der Waals surface area contributed by atoms with Crippen LogP contribution in [-0.4, -0.2) is 6.10 Å². The number of furan rings is 1. The van der Waals surface area contributed by atoms with Crippen molar-refractivity contribution in [2.45, 2.75) is 20.0 Å². The van der Waals surface area contributed by atoms with Crippen LogP contribution in [0.4, 0.5) is 4.39 Å². The number of hydrogen-bond acceptors (Lipinski definition) is 2. The molecule has 0 aliphatic carbocycles. The number of benzene rings is 1. The summed E-state index contributed by atoms with van der Waals surface area (Å²) in [6.07, 6.45) is 1.60. The predicted octanol–water partition coefficient (Wildman–Crippen LogP) is 3.87. The molecule has 2 aromatic rings. The summed E-state index contributed by atoms with van der Waals surface area (Å²) in [6, 6.07) is 7.95. The summed E-state index contributed by atoms with van der Waals surface area (Å²) in [5.41, 5.74) is 0.638. The Morgan fingerprint density at radius 3 is 2.69 bits per heavy atom. The first kappa shape index (κ1) is 10.7. The fourth-order valence-corrected chi connectivity index (χ4v) is 1.48. The molecule has 0 aliphatic rings. The maximum Gasteiger partial charge on any atom is 0.137 e. The van der Waals surface area contributed by atoms with E-state index in [0.717, 1.165) is 0 Å². The Kier molecular flexibility index (Phi) is 2.95. The van der Waals surface area contributed by atoms with Gasteiger partial charge in [-0.25, -0.2) is 4.39 Å². The van der Waals surface area contributed by atoms with Crippen LogP contribution in [0.25, 0.3) is 11.3 Å². The maximum absolute atomic E-state index is 13.2. The third kappa shape index (κ3) is 2.24. The molecule has 0 unspecified atom stereocenters. The molecule has 0 amide bonds. The van der Waals surface area contributed by atoms with E-state index in [-0.39, 0.29) is 11.9 Å². The Hall–Kier alpha value is -1.77. The van der Waals surface area contributed by atoms with Crippen molar-refractivity contribution in [3.8, 4) is 17.1 Å². The van der Waals surface area contributed by atoms with Crippen molar-refractivity contribution in [3.05, 3.63) is 42.4 Å². The predicted molar refractivity (Wildman–Crippen MR) is 59.9 cm³/mol. The molecule has 0 bridgehead atoms. The van der Waals surface area contributed by atoms with Crippen LogP contribution >= 0.6 is 0 Å². The van der Waals surface area contributed by atoms with E-state index in [0.29, 0.717) is 17.1 Å². The molecular weight excluding hydrogens is 207 g/mol. The first-order valence-corrected chi connectivity index (χ1v) is 5.17. The molecule has 3 heteroatoms. The van der Waals surface area contributed by atoms with Crippen LogP contribution in [0.1, 0.15) is 13.8 Å². The molecule has 0 atom stereocenters. The van der Waals surface area contributed by atoms with E-state index in [4.69, 9.17) is 9.15 Å². The van der Waals surface area contributed by atoms with Gasteiger partial charge in [-0.2, -0.15) is 0 Å². The fourth-order valence-electron chi connectivity index (χ4n) is 1.48. The quantitative estimate of drug-likeness (QED) is 0.783. The number of ether oxygens (including phenoxy) is 1. The van der Waals surface area contributed by atoms with E-state index >= 15 is 0 Å². The zero-order valence-corrected chi connectivity index (χ0v) is 9.24. The van der Waals surface area contributed by atoms with Gasteiger partial charge >= 0.3 is 0 Å². The van der Waals surface area contributed by atoms with Gasteiger partial charge in [-0.1, -0.05) is 0 Å². The van der Waals surface area contributed by atoms with Crippen molar-refractivity contribution in [2.75, 3.05) is 0 Å². The van der Waals surface area contributed by atoms with Crippen molar-refractivity contribution in [3.63, 3.8) is 0 Å². The molecule has 0 saturated heterocycles. The van der Waals surface area contributed by atoms with Gasteiger partial charge in [-0.3, -0.25) is 0 Å². The molecule has 84 valence electrons. The summed E-state index contributed by atoms with van der Waals surface area (Å²) >= 11 is 0. The van der Waals surface area contributed by atoms with Crippen LogP contribution < -0.4 is 4.74 Å². The highest BCUT2D eigenvalue weighted by Gasteiger charge is 2.11. The van der Waals surface area contributed by atoms with Gasteiger partial charge in [0.25, 0.3) is 0 Å². The molecule has 0 spiro atoms. The van der Waals surface area contributed by atoms with Crippen molar-refractivity contribution in [1.29, 1.82) is 0 Å². The molecular formula is C13H13FO2. The zero-order valence-electron chi connectivity index (χ0n) is 9.24. The van der Waals surface area contributed by atoms with E-state index in [9.17, 15) is 4.39 Å². The third-order valence-electron chi connectivity index (χ3n) is 2.09. The SMILES string of the molecule is CC(C)Oc1ccc(F)cc1-c1ccco1. The number of hydrogen-bond donors (Lipinski definition) is 0. The Morgan fingerprint density at radius 2 is 2.06 bits per heavy atom. The van der Waals surface area contributed by atoms with Crippen LogP contribution in [0.3, 0.4) is 0 Å². The first-order chi connectivity index (χ1) is 7.66. The number of halogens is 1. The van der Waals surface area contributed by atoms with E-state index in [2.05, 4.69) is 0 Å². The molecule has 1 aromatic heterocycles. The van der Waals surface area contributed by atoms with Gasteiger partial charge in [-0.05, 0) is 44.2 Å². The second kappa shape index (κ2) is 4.39. The Morgan fingerprint density at radius 1 is 1.25 bits per heavy atom. The van der Waals surface area contributed by atoms with Crippen molar-refractivity contribution < 1.29 is 13.5 Å². The van der Waals surface area contributed by atoms with Gasteiger partial charge in [0.1, 0.15) is 17.3 Å². The van der Waals surface area contributed by atoms with Gasteiger partial charge in [0.15, 0.2) is 0 Å². The van der Waals surface area contributed by atoms with Crippen molar-refractivity contribution >= 4 is 0 Å². The highest BCUT2D eigenvalue weighted by molar-refractivity contribution is 5.65. The minimum Gasteiger partial charge on any atom is -0.490 e. The third-order valence-corrected chi connectivity index (χ3v) is 2.09. The topological polar surface area (TPSA) is 22.4 Å². The molecule has 0 radical (unpaired) electrons. The highest BCUT2D eigenvalue weighted by Crippen LogP contribution is 2.31. The molecule has 0 aliphatic heterocycles. The summed E-state index contributed by atoms with van der Waals surface area (Å²) < 4.78 is 24.0. The maximum atomic E-state index is 13.2. The molecule has 0 N–H and O–H groups in total. The van der Waals surface area contributed by atoms with Gasteiger partial charge in [0.05, 0.1) is 17.9 Å². The monoisotopic (exact) mass is 220 g/mol. The van der Waals surface area contributed by atoms with Gasteiger partial charge in [0, 0.05) is 0 Å². The minimum absolute atomic E-state index is 0.0409. The Bertz CT molecular complexity index is 461. The highest BCUT2D eigenvalue weighted by atomic mass is 19.1. The van der Waals surface area contributed by atoms with Crippen LogP contribution in [0.2, 0.25) is 0 Å². The summed E-state index contributed by atoms with van der Waals surface area (Å²) in [6.45, 7) is 3.85. The standard InChI is InChI=1S/C13H13FO2/c1-9(2)16-13-6-5-10(14)8-11(13)12-4-3-7-15-12/h3-9H,1-2H3. The Labute approximate surface area is 93.7 Å². The van der Waals surface area contributed by atoms with Crippen LogP contribution in [-0.2, 0) is 0 Å². The molecule has 1 aromatic carbocycles. The summed E-state index contributed by atoms with van der Waals surface area (Å²) in [7, 11) is 0. The Balaban J connectivity index is 2.45.